The average molecular weight is 439 g/mol. The maximum absolute atomic E-state index is 13.2. The van der Waals surface area contributed by atoms with Crippen molar-refractivity contribution in [2.75, 3.05) is 13.1 Å². The van der Waals surface area contributed by atoms with Crippen LogP contribution >= 0.6 is 0 Å². The van der Waals surface area contributed by atoms with E-state index in [9.17, 15) is 32.3 Å². The normalized spacial score (nSPS) is 23.2. The number of carbonyl (C=O) groups excluding carboxylic acids is 4. The molecule has 2 saturated heterocycles. The van der Waals surface area contributed by atoms with Crippen molar-refractivity contribution in [1.82, 2.24) is 14.7 Å². The Balaban J connectivity index is 1.94. The Morgan fingerprint density at radius 1 is 1.13 bits per heavy atom. The number of carbonyl (C=O) groups is 4. The lowest BCUT2D eigenvalue weighted by Crippen LogP contribution is -2.73. The Hall–Kier alpha value is -2.91. The van der Waals surface area contributed by atoms with Gasteiger partial charge in [0.2, 0.25) is 5.91 Å². The Morgan fingerprint density at radius 3 is 2.29 bits per heavy atom. The summed E-state index contributed by atoms with van der Waals surface area (Å²) in [6.07, 6.45) is -5.19. The summed E-state index contributed by atoms with van der Waals surface area (Å²) in [7, 11) is 0. The molecule has 10 heteroatoms. The minimum Gasteiger partial charge on any atom is -0.309 e. The smallest absolute Gasteiger partial charge is 0.309 e. The number of fused-ring (bicyclic) bond motifs is 1. The van der Waals surface area contributed by atoms with Crippen LogP contribution in [0.25, 0.3) is 0 Å². The molecule has 0 radical (unpaired) electrons. The van der Waals surface area contributed by atoms with Crippen molar-refractivity contribution in [1.29, 1.82) is 0 Å². The molecule has 3 atom stereocenters. The van der Waals surface area contributed by atoms with E-state index in [1.165, 1.54) is 11.8 Å². The number of imide groups is 1. The number of nitrogens with zero attached hydrogens (tertiary/aromatic N) is 3. The number of amides is 4. The first-order valence-corrected chi connectivity index (χ1v) is 10.1. The molecule has 0 bridgehead atoms. The van der Waals surface area contributed by atoms with Gasteiger partial charge in [-0.1, -0.05) is 20.3 Å². The highest BCUT2D eigenvalue weighted by atomic mass is 19.4. The lowest BCUT2D eigenvalue weighted by Gasteiger charge is -2.50. The van der Waals surface area contributed by atoms with Gasteiger partial charge in [0.25, 0.3) is 17.7 Å². The molecule has 3 unspecified atom stereocenters. The molecule has 7 nitrogen and oxygen atoms in total. The Bertz CT molecular complexity index is 900. The fraction of sp³-hybridized carbons (Fsp3) is 0.524. The summed E-state index contributed by atoms with van der Waals surface area (Å²) in [4.78, 5) is 55.0. The van der Waals surface area contributed by atoms with E-state index in [0.29, 0.717) is 0 Å². The second-order valence-corrected chi connectivity index (χ2v) is 7.97. The van der Waals surface area contributed by atoms with Crippen LogP contribution in [0.15, 0.2) is 24.3 Å². The summed E-state index contributed by atoms with van der Waals surface area (Å²) in [5, 5.41) is 0. The molecular formula is C21H24F3N3O4. The highest BCUT2D eigenvalue weighted by Gasteiger charge is 2.52. The molecule has 0 saturated carbocycles. The van der Waals surface area contributed by atoms with Crippen molar-refractivity contribution in [2.45, 2.75) is 52.0 Å². The van der Waals surface area contributed by atoms with Crippen LogP contribution in [0, 0.1) is 5.92 Å². The quantitative estimate of drug-likeness (QED) is 0.676. The van der Waals surface area contributed by atoms with Gasteiger partial charge in [0.1, 0.15) is 6.04 Å². The van der Waals surface area contributed by atoms with Crippen molar-refractivity contribution in [3.63, 3.8) is 0 Å². The van der Waals surface area contributed by atoms with Crippen molar-refractivity contribution in [3.8, 4) is 0 Å². The fourth-order valence-electron chi connectivity index (χ4n) is 3.83. The van der Waals surface area contributed by atoms with Crippen molar-refractivity contribution in [2.24, 2.45) is 5.92 Å². The highest BCUT2D eigenvalue weighted by Crippen LogP contribution is 2.31. The molecule has 1 aromatic rings. The van der Waals surface area contributed by atoms with E-state index in [-0.39, 0.29) is 31.0 Å². The molecule has 2 heterocycles. The number of piperazine rings is 1. The number of benzene rings is 1. The minimum atomic E-state index is -4.54. The molecule has 168 valence electrons. The van der Waals surface area contributed by atoms with Gasteiger partial charge < -0.3 is 9.80 Å². The van der Waals surface area contributed by atoms with Gasteiger partial charge in [0.05, 0.1) is 5.56 Å². The maximum atomic E-state index is 13.2. The van der Waals surface area contributed by atoms with Crippen LogP contribution < -0.4 is 0 Å². The SMILES string of the molecule is CCC(C)CN1C(=O)C(C)N2C(=O)CCN(C(=O)c3ccc(C(F)(F)F)cc3)C2C1=O. The second kappa shape index (κ2) is 8.32. The lowest BCUT2D eigenvalue weighted by molar-refractivity contribution is -0.177. The summed E-state index contributed by atoms with van der Waals surface area (Å²) in [6.45, 7) is 5.41. The number of hydrogen-bond acceptors (Lipinski definition) is 4. The van der Waals surface area contributed by atoms with Gasteiger partial charge in [-0.2, -0.15) is 13.2 Å². The van der Waals surface area contributed by atoms with E-state index in [0.717, 1.165) is 40.5 Å². The van der Waals surface area contributed by atoms with Crippen LogP contribution in [-0.4, -0.2) is 63.6 Å². The Morgan fingerprint density at radius 2 is 1.74 bits per heavy atom. The topological polar surface area (TPSA) is 78.0 Å². The molecule has 2 aliphatic heterocycles. The molecule has 1 aromatic carbocycles. The van der Waals surface area contributed by atoms with Crippen LogP contribution in [-0.2, 0) is 20.6 Å². The van der Waals surface area contributed by atoms with Crippen molar-refractivity contribution >= 4 is 23.6 Å². The molecule has 31 heavy (non-hydrogen) atoms. The Kier molecular flexibility index (Phi) is 6.11. The summed E-state index contributed by atoms with van der Waals surface area (Å²) >= 11 is 0. The molecule has 0 aromatic heterocycles. The van der Waals surface area contributed by atoms with E-state index in [1.807, 2.05) is 13.8 Å². The molecule has 2 aliphatic rings. The lowest BCUT2D eigenvalue weighted by atomic mass is 10.0. The first kappa shape index (κ1) is 22.8. The third-order valence-electron chi connectivity index (χ3n) is 5.85. The zero-order chi connectivity index (χ0) is 23.1. The molecule has 2 fully saturated rings. The van der Waals surface area contributed by atoms with Gasteiger partial charge in [-0.3, -0.25) is 24.1 Å². The zero-order valence-electron chi connectivity index (χ0n) is 17.5. The first-order chi connectivity index (χ1) is 14.5. The molecule has 3 rings (SSSR count). The molecular weight excluding hydrogens is 415 g/mol. The van der Waals surface area contributed by atoms with Gasteiger partial charge in [-0.25, -0.2) is 0 Å². The van der Waals surface area contributed by atoms with Crippen LogP contribution in [0.3, 0.4) is 0 Å². The van der Waals surface area contributed by atoms with Crippen molar-refractivity contribution in [3.05, 3.63) is 35.4 Å². The van der Waals surface area contributed by atoms with Crippen LogP contribution in [0.4, 0.5) is 13.2 Å². The number of hydrogen-bond donors (Lipinski definition) is 0. The third kappa shape index (κ3) is 4.15. The second-order valence-electron chi connectivity index (χ2n) is 7.97. The summed E-state index contributed by atoms with van der Waals surface area (Å²) in [5.41, 5.74) is -0.930. The largest absolute Gasteiger partial charge is 0.416 e. The average Bonchev–Trinajstić information content (AvgIpc) is 2.73. The predicted octanol–water partition coefficient (Wildman–Crippen LogP) is 2.51. The van der Waals surface area contributed by atoms with E-state index in [2.05, 4.69) is 0 Å². The number of rotatable bonds is 4. The van der Waals surface area contributed by atoms with E-state index in [4.69, 9.17) is 0 Å². The van der Waals surface area contributed by atoms with Gasteiger partial charge in [0.15, 0.2) is 6.17 Å². The monoisotopic (exact) mass is 439 g/mol. The van der Waals surface area contributed by atoms with E-state index in [1.54, 1.807) is 0 Å². The van der Waals surface area contributed by atoms with E-state index < -0.39 is 47.6 Å². The van der Waals surface area contributed by atoms with Crippen LogP contribution in [0.2, 0.25) is 0 Å². The third-order valence-corrected chi connectivity index (χ3v) is 5.85. The highest BCUT2D eigenvalue weighted by molar-refractivity contribution is 6.08. The first-order valence-electron chi connectivity index (χ1n) is 10.1. The number of alkyl halides is 3. The fourth-order valence-corrected chi connectivity index (χ4v) is 3.83. The van der Waals surface area contributed by atoms with Gasteiger partial charge in [0, 0.05) is 25.1 Å². The summed E-state index contributed by atoms with van der Waals surface area (Å²) in [5.74, 6) is -2.23. The zero-order valence-corrected chi connectivity index (χ0v) is 17.5. The Labute approximate surface area is 177 Å². The standard InChI is InChI=1S/C21H24F3N3O4/c1-4-12(2)11-26-18(29)13(3)27-16(28)9-10-25(17(27)20(26)31)19(30)14-5-7-15(8-6-14)21(22,23)24/h5-8,12-13,17H,4,9-11H2,1-3H3. The summed E-state index contributed by atoms with van der Waals surface area (Å²) < 4.78 is 38.5. The predicted molar refractivity (Wildman–Crippen MR) is 103 cm³/mol. The van der Waals surface area contributed by atoms with Gasteiger partial charge in [-0.15, -0.1) is 0 Å². The van der Waals surface area contributed by atoms with Crippen LogP contribution in [0.5, 0.6) is 0 Å². The molecule has 4 amide bonds. The number of halogens is 3. The summed E-state index contributed by atoms with van der Waals surface area (Å²) in [6, 6.07) is 2.76. The molecule has 0 N–H and O–H groups in total. The van der Waals surface area contributed by atoms with Crippen molar-refractivity contribution < 1.29 is 32.3 Å². The molecule has 0 aliphatic carbocycles. The maximum Gasteiger partial charge on any atom is 0.416 e. The van der Waals surface area contributed by atoms with E-state index >= 15 is 0 Å². The van der Waals surface area contributed by atoms with Gasteiger partial charge >= 0.3 is 6.18 Å². The minimum absolute atomic E-state index is 0.0324. The van der Waals surface area contributed by atoms with Crippen LogP contribution in [0.1, 0.15) is 49.5 Å². The molecule has 0 spiro atoms. The van der Waals surface area contributed by atoms with Gasteiger partial charge in [-0.05, 0) is 37.1 Å².